The van der Waals surface area contributed by atoms with Gasteiger partial charge in [-0.3, -0.25) is 9.88 Å². The van der Waals surface area contributed by atoms with Crippen LogP contribution in [0, 0.1) is 5.82 Å². The first-order chi connectivity index (χ1) is 14.6. The predicted molar refractivity (Wildman–Crippen MR) is 113 cm³/mol. The molecule has 2 heterocycles. The van der Waals surface area contributed by atoms with Crippen LogP contribution in [0.15, 0.2) is 67.0 Å². The second-order valence-corrected chi connectivity index (χ2v) is 7.37. The molecule has 0 bridgehead atoms. The monoisotopic (exact) mass is 406 g/mol. The number of nitrogens with zero attached hydrogens (tertiary/aromatic N) is 2. The van der Waals surface area contributed by atoms with E-state index < -0.39 is 18.0 Å². The highest BCUT2D eigenvalue weighted by Crippen LogP contribution is 2.29. The highest BCUT2D eigenvalue weighted by atomic mass is 19.1. The molecule has 0 unspecified atom stereocenters. The Morgan fingerprint density at radius 3 is 2.37 bits per heavy atom. The zero-order valence-corrected chi connectivity index (χ0v) is 16.5. The SMILES string of the molecule is O=C1O[C@@H](CO)CN1c1ccc(-c2ccc(CCCc3ccncc3)cc2)c(F)c1. The largest absolute Gasteiger partial charge is 0.441 e. The number of aryl methyl sites for hydroxylation is 2. The van der Waals surface area contributed by atoms with Crippen LogP contribution >= 0.6 is 0 Å². The second kappa shape index (κ2) is 9.05. The highest BCUT2D eigenvalue weighted by Gasteiger charge is 2.32. The fourth-order valence-electron chi connectivity index (χ4n) is 3.63. The maximum absolute atomic E-state index is 14.8. The van der Waals surface area contributed by atoms with Gasteiger partial charge in [-0.15, -0.1) is 0 Å². The number of ether oxygens (including phenoxy) is 1. The summed E-state index contributed by atoms with van der Waals surface area (Å²) >= 11 is 0. The number of hydrogen-bond acceptors (Lipinski definition) is 4. The lowest BCUT2D eigenvalue weighted by Crippen LogP contribution is -2.25. The van der Waals surface area contributed by atoms with Gasteiger partial charge in [-0.2, -0.15) is 0 Å². The molecule has 5 nitrogen and oxygen atoms in total. The predicted octanol–water partition coefficient (Wildman–Crippen LogP) is 4.38. The van der Waals surface area contributed by atoms with E-state index in [1.165, 1.54) is 22.1 Å². The van der Waals surface area contributed by atoms with Crippen LogP contribution in [0.5, 0.6) is 0 Å². The van der Waals surface area contributed by atoms with E-state index in [0.717, 1.165) is 24.8 Å². The molecule has 6 heteroatoms. The summed E-state index contributed by atoms with van der Waals surface area (Å²) in [6.45, 7) is -0.0416. The van der Waals surface area contributed by atoms with Crippen LogP contribution in [0.4, 0.5) is 14.9 Å². The molecule has 1 N–H and O–H groups in total. The van der Waals surface area contributed by atoms with E-state index >= 15 is 0 Å². The van der Waals surface area contributed by atoms with E-state index in [1.807, 2.05) is 48.8 Å². The molecule has 0 aliphatic carbocycles. The van der Waals surface area contributed by atoms with E-state index in [1.54, 1.807) is 12.1 Å². The minimum absolute atomic E-state index is 0.211. The number of carbonyl (C=O) groups excluding carboxylic acids is 1. The van der Waals surface area contributed by atoms with E-state index in [2.05, 4.69) is 4.98 Å². The first kappa shape index (κ1) is 20.0. The summed E-state index contributed by atoms with van der Waals surface area (Å²) in [6, 6.07) is 16.7. The maximum Gasteiger partial charge on any atom is 0.414 e. The van der Waals surface area contributed by atoms with Crippen LogP contribution in [0.25, 0.3) is 11.1 Å². The quantitative estimate of drug-likeness (QED) is 0.633. The van der Waals surface area contributed by atoms with Crippen molar-refractivity contribution in [2.75, 3.05) is 18.1 Å². The number of halogens is 1. The second-order valence-electron chi connectivity index (χ2n) is 7.37. The molecule has 1 atom stereocenters. The molecule has 1 aliphatic heterocycles. The van der Waals surface area contributed by atoms with Gasteiger partial charge in [0.25, 0.3) is 0 Å². The molecule has 4 rings (SSSR count). The van der Waals surface area contributed by atoms with Crippen molar-refractivity contribution >= 4 is 11.8 Å². The Bertz CT molecular complexity index is 1010. The van der Waals surface area contributed by atoms with Gasteiger partial charge in [0.1, 0.15) is 11.9 Å². The average molecular weight is 406 g/mol. The average Bonchev–Trinajstić information content (AvgIpc) is 3.16. The maximum atomic E-state index is 14.8. The Hall–Kier alpha value is -3.25. The molecule has 1 fully saturated rings. The third kappa shape index (κ3) is 4.49. The van der Waals surface area contributed by atoms with E-state index in [4.69, 9.17) is 9.84 Å². The van der Waals surface area contributed by atoms with Crippen LogP contribution in [-0.4, -0.2) is 35.4 Å². The lowest BCUT2D eigenvalue weighted by Gasteiger charge is -2.14. The Morgan fingerprint density at radius 2 is 1.73 bits per heavy atom. The molecule has 1 amide bonds. The smallest absolute Gasteiger partial charge is 0.414 e. The lowest BCUT2D eigenvalue weighted by atomic mass is 10.00. The molecule has 3 aromatic rings. The summed E-state index contributed by atoms with van der Waals surface area (Å²) in [6.07, 6.45) is 5.45. The first-order valence-electron chi connectivity index (χ1n) is 10.0. The molecule has 1 saturated heterocycles. The first-order valence-corrected chi connectivity index (χ1v) is 10.0. The molecule has 30 heavy (non-hydrogen) atoms. The molecule has 0 spiro atoms. The van der Waals surface area contributed by atoms with Crippen molar-refractivity contribution in [3.63, 3.8) is 0 Å². The number of carbonyl (C=O) groups is 1. The van der Waals surface area contributed by atoms with Crippen LogP contribution in [0.1, 0.15) is 17.5 Å². The molecular formula is C24H23FN2O3. The van der Waals surface area contributed by atoms with E-state index in [-0.39, 0.29) is 13.2 Å². The normalized spacial score (nSPS) is 16.0. The number of cyclic esters (lactones) is 1. The molecular weight excluding hydrogens is 383 g/mol. The Labute approximate surface area is 174 Å². The summed E-state index contributed by atoms with van der Waals surface area (Å²) in [5.74, 6) is -0.404. The Balaban J connectivity index is 1.41. The third-order valence-electron chi connectivity index (χ3n) is 5.29. The zero-order valence-electron chi connectivity index (χ0n) is 16.5. The summed E-state index contributed by atoms with van der Waals surface area (Å²) in [4.78, 5) is 17.3. The van der Waals surface area contributed by atoms with Crippen LogP contribution in [0.3, 0.4) is 0 Å². The summed E-state index contributed by atoms with van der Waals surface area (Å²) < 4.78 is 19.8. The Kier molecular flexibility index (Phi) is 6.05. The number of aliphatic hydroxyl groups is 1. The molecule has 2 aromatic carbocycles. The van der Waals surface area contributed by atoms with Gasteiger partial charge in [-0.1, -0.05) is 24.3 Å². The lowest BCUT2D eigenvalue weighted by molar-refractivity contribution is 0.0963. The van der Waals surface area contributed by atoms with Gasteiger partial charge in [-0.25, -0.2) is 9.18 Å². The van der Waals surface area contributed by atoms with Gasteiger partial charge in [0.05, 0.1) is 18.8 Å². The zero-order chi connectivity index (χ0) is 20.9. The van der Waals surface area contributed by atoms with Crippen LogP contribution in [-0.2, 0) is 17.6 Å². The van der Waals surface area contributed by atoms with Crippen molar-refractivity contribution in [1.29, 1.82) is 0 Å². The number of pyridine rings is 1. The van der Waals surface area contributed by atoms with Gasteiger partial charge in [0.15, 0.2) is 0 Å². The summed E-state index contributed by atoms with van der Waals surface area (Å²) in [5, 5.41) is 9.15. The number of rotatable bonds is 7. The summed E-state index contributed by atoms with van der Waals surface area (Å²) in [5.41, 5.74) is 4.17. The third-order valence-corrected chi connectivity index (χ3v) is 5.29. The topological polar surface area (TPSA) is 62.7 Å². The Morgan fingerprint density at radius 1 is 1.03 bits per heavy atom. The van der Waals surface area contributed by atoms with Crippen molar-refractivity contribution < 1.29 is 19.0 Å². The van der Waals surface area contributed by atoms with Gasteiger partial charge in [0.2, 0.25) is 0 Å². The molecule has 0 radical (unpaired) electrons. The number of aliphatic hydroxyl groups excluding tert-OH is 1. The number of hydrogen-bond donors (Lipinski definition) is 1. The van der Waals surface area contributed by atoms with Crippen molar-refractivity contribution in [1.82, 2.24) is 4.98 Å². The molecule has 1 aliphatic rings. The van der Waals surface area contributed by atoms with Gasteiger partial charge in [0, 0.05) is 18.0 Å². The molecule has 0 saturated carbocycles. The van der Waals surface area contributed by atoms with Crippen LogP contribution < -0.4 is 4.90 Å². The fraction of sp³-hybridized carbons (Fsp3) is 0.250. The fourth-order valence-corrected chi connectivity index (χ4v) is 3.63. The summed E-state index contributed by atoms with van der Waals surface area (Å²) in [7, 11) is 0. The minimum atomic E-state index is -0.577. The van der Waals surface area contributed by atoms with Gasteiger partial charge >= 0.3 is 6.09 Å². The highest BCUT2D eigenvalue weighted by molar-refractivity contribution is 5.90. The molecule has 154 valence electrons. The van der Waals surface area contributed by atoms with E-state index in [0.29, 0.717) is 11.3 Å². The number of benzene rings is 2. The van der Waals surface area contributed by atoms with Crippen molar-refractivity contribution in [2.45, 2.75) is 25.4 Å². The number of amides is 1. The number of aromatic nitrogens is 1. The van der Waals surface area contributed by atoms with Gasteiger partial charge < -0.3 is 9.84 Å². The standard InChI is InChI=1S/C24H23FN2O3/c25-23-14-20(27-15-21(16-28)30-24(27)29)8-9-22(23)19-6-4-17(5-7-19)2-1-3-18-10-12-26-13-11-18/h4-14,21,28H,1-3,15-16H2/t21-/m1/s1. The minimum Gasteiger partial charge on any atom is -0.441 e. The van der Waals surface area contributed by atoms with Gasteiger partial charge in [-0.05, 0) is 66.3 Å². The number of anilines is 1. The molecule has 1 aromatic heterocycles. The van der Waals surface area contributed by atoms with Crippen molar-refractivity contribution in [3.05, 3.63) is 83.9 Å². The van der Waals surface area contributed by atoms with Crippen LogP contribution in [0.2, 0.25) is 0 Å². The van der Waals surface area contributed by atoms with Crippen molar-refractivity contribution in [3.8, 4) is 11.1 Å². The van der Waals surface area contributed by atoms with Crippen molar-refractivity contribution in [2.24, 2.45) is 0 Å². The van der Waals surface area contributed by atoms with E-state index in [9.17, 15) is 9.18 Å².